The van der Waals surface area contributed by atoms with Gasteiger partial charge in [-0.15, -0.1) is 0 Å². The number of anilines is 1. The Bertz CT molecular complexity index is 1350. The molecule has 3 aromatic carbocycles. The van der Waals surface area contributed by atoms with Crippen LogP contribution in [-0.2, 0) is 23.8 Å². The molecular formula is C28H25NO9. The lowest BCUT2D eigenvalue weighted by molar-refractivity contribution is -0.157. The van der Waals surface area contributed by atoms with Crippen LogP contribution < -0.4 is 5.32 Å². The number of methoxy groups -OCH3 is 1. The zero-order valence-electron chi connectivity index (χ0n) is 20.8. The summed E-state index contributed by atoms with van der Waals surface area (Å²) in [6.07, 6.45) is -4.34. The molecule has 0 saturated heterocycles. The van der Waals surface area contributed by atoms with Crippen molar-refractivity contribution in [2.45, 2.75) is 26.1 Å². The first-order chi connectivity index (χ1) is 18.1. The highest BCUT2D eigenvalue weighted by atomic mass is 16.6. The molecule has 0 fully saturated rings. The van der Waals surface area contributed by atoms with E-state index in [-0.39, 0.29) is 22.4 Å². The summed E-state index contributed by atoms with van der Waals surface area (Å²) in [4.78, 5) is 63.2. The number of para-hydroxylation sites is 1. The maximum atomic E-state index is 13.3. The molecule has 3 aromatic rings. The molecule has 0 unspecified atom stereocenters. The number of carbonyl (C=O) groups is 5. The molecule has 0 heterocycles. The number of nitrogens with one attached hydrogen (secondary N) is 1. The van der Waals surface area contributed by atoms with E-state index < -0.39 is 42.0 Å². The number of esters is 3. The fourth-order valence-corrected chi connectivity index (χ4v) is 3.32. The van der Waals surface area contributed by atoms with Crippen molar-refractivity contribution in [3.05, 3.63) is 101 Å². The zero-order chi connectivity index (χ0) is 27.8. The number of rotatable bonds is 9. The van der Waals surface area contributed by atoms with E-state index in [4.69, 9.17) is 14.2 Å². The fraction of sp³-hybridized carbons (Fsp3) is 0.179. The lowest BCUT2D eigenvalue weighted by Gasteiger charge is -2.24. The number of hydrogen-bond acceptors (Lipinski definition) is 8. The maximum Gasteiger partial charge on any atom is 0.349 e. The molecule has 0 aliphatic carbocycles. The van der Waals surface area contributed by atoms with Crippen LogP contribution in [0.25, 0.3) is 0 Å². The van der Waals surface area contributed by atoms with E-state index in [1.807, 2.05) is 0 Å². The highest BCUT2D eigenvalue weighted by Crippen LogP contribution is 2.20. The van der Waals surface area contributed by atoms with E-state index in [1.165, 1.54) is 48.5 Å². The van der Waals surface area contributed by atoms with Gasteiger partial charge in [0.05, 0.1) is 29.5 Å². The van der Waals surface area contributed by atoms with Crippen molar-refractivity contribution in [3.8, 4) is 0 Å². The number of carboxylic acids is 1. The highest BCUT2D eigenvalue weighted by Gasteiger charge is 2.41. The minimum atomic E-state index is -2.22. The normalized spacial score (nSPS) is 12.0. The maximum absolute atomic E-state index is 13.3. The fourth-order valence-electron chi connectivity index (χ4n) is 3.32. The van der Waals surface area contributed by atoms with E-state index >= 15 is 0 Å². The largest absolute Gasteiger partial charge is 0.478 e. The van der Waals surface area contributed by atoms with Crippen LogP contribution in [0.4, 0.5) is 5.69 Å². The lowest BCUT2D eigenvalue weighted by Crippen LogP contribution is -2.48. The van der Waals surface area contributed by atoms with Crippen molar-refractivity contribution in [2.24, 2.45) is 0 Å². The van der Waals surface area contributed by atoms with Crippen LogP contribution in [0.3, 0.4) is 0 Å². The average molecular weight is 520 g/mol. The van der Waals surface area contributed by atoms with Gasteiger partial charge < -0.3 is 24.6 Å². The molecule has 0 aliphatic heterocycles. The van der Waals surface area contributed by atoms with E-state index in [2.05, 4.69) is 5.32 Å². The average Bonchev–Trinajstić information content (AvgIpc) is 2.90. The Morgan fingerprint density at radius 1 is 0.684 bits per heavy atom. The molecule has 0 aliphatic rings. The summed E-state index contributed by atoms with van der Waals surface area (Å²) in [5, 5.41) is 12.3. The Balaban J connectivity index is 1.96. The van der Waals surface area contributed by atoms with Crippen molar-refractivity contribution >= 4 is 35.5 Å². The first-order valence-corrected chi connectivity index (χ1v) is 11.4. The van der Waals surface area contributed by atoms with Crippen molar-refractivity contribution in [3.63, 3.8) is 0 Å². The lowest BCUT2D eigenvalue weighted by atomic mass is 10.1. The summed E-state index contributed by atoms with van der Waals surface area (Å²) < 4.78 is 15.1. The van der Waals surface area contributed by atoms with Gasteiger partial charge in [-0.3, -0.25) is 4.79 Å². The zero-order valence-corrected chi connectivity index (χ0v) is 20.8. The number of aryl methyl sites for hydroxylation is 2. The number of ether oxygens (including phenoxy) is 3. The van der Waals surface area contributed by atoms with Crippen LogP contribution in [0.2, 0.25) is 0 Å². The number of amides is 1. The van der Waals surface area contributed by atoms with Gasteiger partial charge in [0.25, 0.3) is 5.91 Å². The van der Waals surface area contributed by atoms with Crippen LogP contribution >= 0.6 is 0 Å². The van der Waals surface area contributed by atoms with Crippen LogP contribution in [0.5, 0.6) is 0 Å². The molecule has 0 saturated carbocycles. The standard InChI is InChI=1S/C28H25NO9/c1-16-8-12-18(13-9-16)26(33)37-22(24(30)29-21-7-5-4-6-20(21)28(35)36-3)23(25(31)32)38-27(34)19-14-10-17(2)11-15-19/h4-15,22-23H,1-3H3,(H,29,30)(H,31,32)/t22-,23+/m0/s1. The van der Waals surface area contributed by atoms with Gasteiger partial charge in [0.15, 0.2) is 0 Å². The third kappa shape index (κ3) is 6.82. The molecule has 0 aromatic heterocycles. The molecule has 10 heteroatoms. The second-order valence-corrected chi connectivity index (χ2v) is 8.25. The molecule has 38 heavy (non-hydrogen) atoms. The minimum absolute atomic E-state index is 0.0295. The Kier molecular flexibility index (Phi) is 8.94. The van der Waals surface area contributed by atoms with Crippen molar-refractivity contribution in [1.82, 2.24) is 0 Å². The number of carboxylic acid groups (broad SMARTS) is 1. The van der Waals surface area contributed by atoms with Crippen molar-refractivity contribution in [2.75, 3.05) is 12.4 Å². The molecule has 0 bridgehead atoms. The Morgan fingerprint density at radius 3 is 1.63 bits per heavy atom. The van der Waals surface area contributed by atoms with Gasteiger partial charge in [-0.25, -0.2) is 19.2 Å². The van der Waals surface area contributed by atoms with Gasteiger partial charge in [0, 0.05) is 0 Å². The van der Waals surface area contributed by atoms with Gasteiger partial charge in [-0.2, -0.15) is 0 Å². The van der Waals surface area contributed by atoms with Crippen LogP contribution in [0, 0.1) is 13.8 Å². The number of benzene rings is 3. The summed E-state index contributed by atoms with van der Waals surface area (Å²) in [7, 11) is 1.15. The highest BCUT2D eigenvalue weighted by molar-refractivity contribution is 6.05. The second-order valence-electron chi connectivity index (χ2n) is 8.25. The van der Waals surface area contributed by atoms with E-state index in [0.717, 1.165) is 18.2 Å². The summed E-state index contributed by atoms with van der Waals surface area (Å²) >= 11 is 0. The molecule has 0 spiro atoms. The summed E-state index contributed by atoms with van der Waals surface area (Å²) in [5.74, 6) is -5.72. The molecule has 1 amide bonds. The van der Waals surface area contributed by atoms with Gasteiger partial charge in [-0.05, 0) is 50.2 Å². The molecular weight excluding hydrogens is 494 g/mol. The van der Waals surface area contributed by atoms with Gasteiger partial charge in [0.1, 0.15) is 0 Å². The number of carbonyl (C=O) groups excluding carboxylic acids is 4. The third-order valence-corrected chi connectivity index (χ3v) is 5.41. The Hall–Kier alpha value is -4.99. The summed E-state index contributed by atoms with van der Waals surface area (Å²) in [6, 6.07) is 18.0. The topological polar surface area (TPSA) is 145 Å². The van der Waals surface area contributed by atoms with E-state index in [1.54, 1.807) is 38.1 Å². The number of hydrogen-bond donors (Lipinski definition) is 2. The van der Waals surface area contributed by atoms with E-state index in [9.17, 15) is 29.1 Å². The quantitative estimate of drug-likeness (QED) is 0.320. The summed E-state index contributed by atoms with van der Waals surface area (Å²) in [5.41, 5.74) is 1.71. The predicted octanol–water partition coefficient (Wildman–Crippen LogP) is 3.56. The monoisotopic (exact) mass is 519 g/mol. The van der Waals surface area contributed by atoms with Gasteiger partial charge in [0.2, 0.25) is 12.2 Å². The second kappa shape index (κ2) is 12.3. The Morgan fingerprint density at radius 2 is 1.16 bits per heavy atom. The molecule has 2 atom stereocenters. The SMILES string of the molecule is COC(=O)c1ccccc1NC(=O)[C@@H](OC(=O)c1ccc(C)cc1)[C@@H](OC(=O)c1ccc(C)cc1)C(=O)O. The van der Waals surface area contributed by atoms with Crippen LogP contribution in [0.1, 0.15) is 42.2 Å². The molecule has 10 nitrogen and oxygen atoms in total. The smallest absolute Gasteiger partial charge is 0.349 e. The molecule has 0 radical (unpaired) electrons. The van der Waals surface area contributed by atoms with Crippen molar-refractivity contribution < 1.29 is 43.3 Å². The van der Waals surface area contributed by atoms with Gasteiger partial charge >= 0.3 is 23.9 Å². The van der Waals surface area contributed by atoms with E-state index in [0.29, 0.717) is 0 Å². The Labute approximate surface area is 218 Å². The summed E-state index contributed by atoms with van der Waals surface area (Å²) in [6.45, 7) is 3.60. The van der Waals surface area contributed by atoms with Crippen molar-refractivity contribution in [1.29, 1.82) is 0 Å². The predicted molar refractivity (Wildman–Crippen MR) is 135 cm³/mol. The minimum Gasteiger partial charge on any atom is -0.478 e. The third-order valence-electron chi connectivity index (χ3n) is 5.41. The molecule has 196 valence electrons. The molecule has 2 N–H and O–H groups in total. The van der Waals surface area contributed by atoms with Crippen LogP contribution in [-0.4, -0.2) is 54.2 Å². The van der Waals surface area contributed by atoms with Crippen LogP contribution in [0.15, 0.2) is 72.8 Å². The van der Waals surface area contributed by atoms with Gasteiger partial charge in [-0.1, -0.05) is 47.5 Å². The molecule has 3 rings (SSSR count). The first kappa shape index (κ1) is 27.6. The first-order valence-electron chi connectivity index (χ1n) is 11.4. The number of aliphatic carboxylic acids is 1.